The molecule has 4 nitrogen and oxygen atoms in total. The number of hydrogen-bond acceptors (Lipinski definition) is 4. The van der Waals surface area contributed by atoms with E-state index in [4.69, 9.17) is 4.74 Å². The van der Waals surface area contributed by atoms with Crippen LogP contribution in [0, 0.1) is 0 Å². The lowest BCUT2D eigenvalue weighted by Crippen LogP contribution is -2.51. The number of rotatable bonds is 3. The minimum atomic E-state index is -0.507. The third kappa shape index (κ3) is 3.64. The number of β-amino-alcohol motifs (C(OH)–C–C–N with tert-alkyl or cyclic N) is 1. The molecule has 2 heterocycles. The molecule has 2 atom stereocenters. The van der Waals surface area contributed by atoms with Crippen molar-refractivity contribution in [3.63, 3.8) is 0 Å². The Morgan fingerprint density at radius 2 is 1.69 bits per heavy atom. The quantitative estimate of drug-likeness (QED) is 0.704. The first-order valence-corrected chi connectivity index (χ1v) is 10.5. The number of likely N-dealkylation sites (tertiary alicyclic amines) is 1. The minimum Gasteiger partial charge on any atom is -0.487 e. The number of piperidine rings is 1. The van der Waals surface area contributed by atoms with E-state index in [0.29, 0.717) is 13.0 Å². The predicted molar refractivity (Wildman–Crippen MR) is 114 cm³/mol. The highest BCUT2D eigenvalue weighted by Crippen LogP contribution is 2.44. The smallest absolute Gasteiger partial charge is 0.125 e. The Morgan fingerprint density at radius 1 is 0.966 bits per heavy atom. The van der Waals surface area contributed by atoms with Crippen LogP contribution in [0.3, 0.4) is 0 Å². The molecule has 0 bridgehead atoms. The van der Waals surface area contributed by atoms with E-state index in [1.54, 1.807) is 0 Å². The van der Waals surface area contributed by atoms with Crippen molar-refractivity contribution in [3.8, 4) is 5.75 Å². The normalized spacial score (nSPS) is 22.2. The summed E-state index contributed by atoms with van der Waals surface area (Å²) in [6, 6.07) is 22.2. The largest absolute Gasteiger partial charge is 0.487 e. The molecule has 5 rings (SSSR count). The molecule has 0 amide bonds. The summed E-state index contributed by atoms with van der Waals surface area (Å²) in [5, 5.41) is 23.7. The van der Waals surface area contributed by atoms with Crippen LogP contribution >= 0.6 is 0 Å². The summed E-state index contributed by atoms with van der Waals surface area (Å²) < 4.78 is 6.37. The van der Waals surface area contributed by atoms with Crippen molar-refractivity contribution in [2.45, 2.75) is 37.1 Å². The molecule has 0 aliphatic carbocycles. The lowest BCUT2D eigenvalue weighted by Gasteiger charge is -2.46. The van der Waals surface area contributed by atoms with E-state index < -0.39 is 12.2 Å². The first kappa shape index (κ1) is 18.6. The van der Waals surface area contributed by atoms with Gasteiger partial charge < -0.3 is 19.8 Å². The molecule has 3 aromatic rings. The maximum atomic E-state index is 10.8. The summed E-state index contributed by atoms with van der Waals surface area (Å²) >= 11 is 0. The van der Waals surface area contributed by atoms with Gasteiger partial charge in [-0.15, -0.1) is 0 Å². The Kier molecular flexibility index (Phi) is 4.78. The Labute approximate surface area is 171 Å². The summed E-state index contributed by atoms with van der Waals surface area (Å²) in [4.78, 5) is 2.31. The lowest BCUT2D eigenvalue weighted by molar-refractivity contribution is -0.0587. The van der Waals surface area contributed by atoms with Crippen molar-refractivity contribution < 1.29 is 14.9 Å². The zero-order valence-electron chi connectivity index (χ0n) is 16.5. The van der Waals surface area contributed by atoms with E-state index in [9.17, 15) is 10.2 Å². The van der Waals surface area contributed by atoms with Crippen LogP contribution in [0.25, 0.3) is 10.8 Å². The minimum absolute atomic E-state index is 0.293. The Bertz CT molecular complexity index is 1010. The number of fused-ring (bicyclic) bond motifs is 2. The van der Waals surface area contributed by atoms with Crippen LogP contribution in [0.2, 0.25) is 0 Å². The van der Waals surface area contributed by atoms with Gasteiger partial charge in [-0.25, -0.2) is 0 Å². The summed E-state index contributed by atoms with van der Waals surface area (Å²) in [5.41, 5.74) is 1.56. The van der Waals surface area contributed by atoms with Crippen LogP contribution in [0.4, 0.5) is 0 Å². The maximum absolute atomic E-state index is 10.8. The fourth-order valence-corrected chi connectivity index (χ4v) is 4.80. The Hall–Kier alpha value is -2.40. The predicted octanol–water partition coefficient (Wildman–Crippen LogP) is 4.22. The third-order valence-corrected chi connectivity index (χ3v) is 6.53. The second-order valence-corrected chi connectivity index (χ2v) is 8.47. The zero-order chi connectivity index (χ0) is 19.8. The van der Waals surface area contributed by atoms with Gasteiger partial charge >= 0.3 is 0 Å². The molecule has 3 aromatic carbocycles. The van der Waals surface area contributed by atoms with Crippen LogP contribution in [0.5, 0.6) is 5.75 Å². The van der Waals surface area contributed by atoms with Crippen LogP contribution in [0.1, 0.15) is 42.6 Å². The number of ether oxygens (including phenoxy) is 1. The summed E-state index contributed by atoms with van der Waals surface area (Å²) in [6.45, 7) is 2.34. The van der Waals surface area contributed by atoms with Gasteiger partial charge in [-0.05, 0) is 41.3 Å². The molecule has 1 saturated heterocycles. The average molecular weight is 389 g/mol. The second kappa shape index (κ2) is 7.45. The molecule has 2 N–H and O–H groups in total. The standard InChI is InChI=1S/C25H27NO3/c27-22-16-25(29-24-8-4-3-7-21(22)24)11-13-26(14-12-25)17-23(28)20-10-9-18-5-1-2-6-19(18)15-20/h1-10,15,22-23,27-28H,11-14,16-17H2/t22-,23-/m0/s1. The monoisotopic (exact) mass is 389 g/mol. The average Bonchev–Trinajstić information content (AvgIpc) is 2.75. The third-order valence-electron chi connectivity index (χ3n) is 6.53. The zero-order valence-corrected chi connectivity index (χ0v) is 16.5. The molecular weight excluding hydrogens is 362 g/mol. The van der Waals surface area contributed by atoms with Crippen LogP contribution in [0.15, 0.2) is 66.7 Å². The van der Waals surface area contributed by atoms with E-state index >= 15 is 0 Å². The van der Waals surface area contributed by atoms with Gasteiger partial charge in [-0.3, -0.25) is 0 Å². The molecule has 150 valence electrons. The molecule has 1 spiro atoms. The van der Waals surface area contributed by atoms with Crippen LogP contribution < -0.4 is 4.74 Å². The van der Waals surface area contributed by atoms with E-state index in [2.05, 4.69) is 29.2 Å². The van der Waals surface area contributed by atoms with Gasteiger partial charge in [0.15, 0.2) is 0 Å². The molecule has 1 fully saturated rings. The number of hydrogen-bond donors (Lipinski definition) is 2. The molecule has 29 heavy (non-hydrogen) atoms. The van der Waals surface area contributed by atoms with E-state index in [-0.39, 0.29) is 5.60 Å². The van der Waals surface area contributed by atoms with Crippen molar-refractivity contribution in [3.05, 3.63) is 77.9 Å². The Morgan fingerprint density at radius 3 is 2.52 bits per heavy atom. The number of nitrogens with zero attached hydrogens (tertiary/aromatic N) is 1. The van der Waals surface area contributed by atoms with Gasteiger partial charge in [-0.2, -0.15) is 0 Å². The Balaban J connectivity index is 1.24. The highest BCUT2D eigenvalue weighted by molar-refractivity contribution is 5.83. The summed E-state index contributed by atoms with van der Waals surface area (Å²) in [6.07, 6.45) is 1.40. The molecule has 0 radical (unpaired) electrons. The fourth-order valence-electron chi connectivity index (χ4n) is 4.80. The van der Waals surface area contributed by atoms with Crippen molar-refractivity contribution in [2.24, 2.45) is 0 Å². The molecule has 0 aromatic heterocycles. The second-order valence-electron chi connectivity index (χ2n) is 8.47. The SMILES string of the molecule is O[C@@H](CN1CCC2(CC1)C[C@H](O)c1ccccc1O2)c1ccc2ccccc2c1. The summed E-state index contributed by atoms with van der Waals surface area (Å²) in [7, 11) is 0. The topological polar surface area (TPSA) is 52.9 Å². The molecule has 2 aliphatic heterocycles. The molecule has 0 saturated carbocycles. The van der Waals surface area contributed by atoms with Gasteiger partial charge in [0, 0.05) is 31.6 Å². The molecule has 0 unspecified atom stereocenters. The van der Waals surface area contributed by atoms with Crippen LogP contribution in [-0.2, 0) is 0 Å². The van der Waals surface area contributed by atoms with Crippen molar-refractivity contribution in [1.29, 1.82) is 0 Å². The van der Waals surface area contributed by atoms with Gasteiger partial charge in [-0.1, -0.05) is 54.6 Å². The first-order valence-electron chi connectivity index (χ1n) is 10.5. The fraction of sp³-hybridized carbons (Fsp3) is 0.360. The van der Waals surface area contributed by atoms with E-state index in [1.165, 1.54) is 5.39 Å². The number of aliphatic hydroxyl groups excluding tert-OH is 2. The van der Waals surface area contributed by atoms with Crippen molar-refractivity contribution in [2.75, 3.05) is 19.6 Å². The molecular formula is C25H27NO3. The molecule has 4 heteroatoms. The van der Waals surface area contributed by atoms with Crippen LogP contribution in [-0.4, -0.2) is 40.3 Å². The lowest BCUT2D eigenvalue weighted by atomic mass is 9.81. The van der Waals surface area contributed by atoms with E-state index in [1.807, 2.05) is 42.5 Å². The van der Waals surface area contributed by atoms with Gasteiger partial charge in [0.1, 0.15) is 11.4 Å². The summed E-state index contributed by atoms with van der Waals surface area (Å²) in [5.74, 6) is 0.816. The number of aliphatic hydroxyl groups is 2. The number of benzene rings is 3. The van der Waals surface area contributed by atoms with Crippen molar-refractivity contribution >= 4 is 10.8 Å². The maximum Gasteiger partial charge on any atom is 0.125 e. The first-order chi connectivity index (χ1) is 14.1. The highest BCUT2D eigenvalue weighted by Gasteiger charge is 2.42. The highest BCUT2D eigenvalue weighted by atomic mass is 16.5. The van der Waals surface area contributed by atoms with E-state index in [0.717, 1.165) is 48.2 Å². The van der Waals surface area contributed by atoms with Gasteiger partial charge in [0.05, 0.1) is 12.2 Å². The van der Waals surface area contributed by atoms with Gasteiger partial charge in [0.2, 0.25) is 0 Å². The molecule has 2 aliphatic rings. The number of para-hydroxylation sites is 1. The van der Waals surface area contributed by atoms with Gasteiger partial charge in [0.25, 0.3) is 0 Å². The van der Waals surface area contributed by atoms with Crippen molar-refractivity contribution in [1.82, 2.24) is 4.90 Å².